The molecular weight excluding hydrogens is 403 g/mol. The Bertz CT molecular complexity index is 1250. The van der Waals surface area contributed by atoms with Crippen molar-refractivity contribution in [2.45, 2.75) is 20.0 Å². The molecule has 3 aromatic rings. The molecule has 4 rings (SSSR count). The fraction of sp³-hybridized carbons (Fsp3) is 0.429. The predicted octanol–water partition coefficient (Wildman–Crippen LogP) is 0.484. The summed E-state index contributed by atoms with van der Waals surface area (Å²) in [5.41, 5.74) is 0.612. The van der Waals surface area contributed by atoms with E-state index < -0.39 is 11.2 Å². The molecule has 1 aliphatic rings. The fourth-order valence-corrected chi connectivity index (χ4v) is 4.02. The molecule has 10 heteroatoms. The third-order valence-corrected chi connectivity index (χ3v) is 5.74. The van der Waals surface area contributed by atoms with Gasteiger partial charge in [-0.3, -0.25) is 23.6 Å². The molecule has 1 saturated heterocycles. The molecule has 1 fully saturated rings. The highest BCUT2D eigenvalue weighted by molar-refractivity contribution is 5.79. The SMILES string of the molecule is CC(=O)Cn1c(CN2CCN(c3ccc(F)cc3)CC2)nc2c1c(=O)n(C)c(=O)n2C. The molecule has 3 heterocycles. The van der Waals surface area contributed by atoms with Gasteiger partial charge in [-0.2, -0.15) is 0 Å². The molecule has 2 aromatic heterocycles. The van der Waals surface area contributed by atoms with Crippen LogP contribution in [0, 0.1) is 5.82 Å². The number of benzene rings is 1. The van der Waals surface area contributed by atoms with Crippen LogP contribution in [-0.4, -0.2) is 55.5 Å². The number of Topliss-reactive ketones (excluding diaryl/α,β-unsaturated/α-hetero) is 1. The lowest BCUT2D eigenvalue weighted by Gasteiger charge is -2.36. The molecule has 0 N–H and O–H groups in total. The highest BCUT2D eigenvalue weighted by Gasteiger charge is 2.23. The van der Waals surface area contributed by atoms with Crippen molar-refractivity contribution in [3.05, 3.63) is 56.7 Å². The van der Waals surface area contributed by atoms with Gasteiger partial charge in [0.1, 0.15) is 17.4 Å². The third-order valence-electron chi connectivity index (χ3n) is 5.74. The highest BCUT2D eigenvalue weighted by atomic mass is 19.1. The van der Waals surface area contributed by atoms with Crippen molar-refractivity contribution in [1.82, 2.24) is 23.6 Å². The normalized spacial score (nSPS) is 15.0. The fourth-order valence-electron chi connectivity index (χ4n) is 4.02. The standard InChI is InChI=1S/C21H25FN6O3/c1-14(29)12-28-17(23-19-18(28)20(30)25(3)21(31)24(19)2)13-26-8-10-27(11-9-26)16-6-4-15(22)5-7-16/h4-7H,8-13H2,1-3H3. The van der Waals surface area contributed by atoms with E-state index in [1.807, 2.05) is 0 Å². The minimum absolute atomic E-state index is 0.0226. The minimum Gasteiger partial charge on any atom is -0.369 e. The van der Waals surface area contributed by atoms with Crippen molar-refractivity contribution < 1.29 is 9.18 Å². The second kappa shape index (κ2) is 8.10. The van der Waals surface area contributed by atoms with Crippen LogP contribution < -0.4 is 16.1 Å². The van der Waals surface area contributed by atoms with Crippen LogP contribution in [0.1, 0.15) is 12.7 Å². The van der Waals surface area contributed by atoms with E-state index in [0.717, 1.165) is 36.4 Å². The van der Waals surface area contributed by atoms with E-state index in [2.05, 4.69) is 14.8 Å². The second-order valence-electron chi connectivity index (χ2n) is 7.93. The first-order valence-electron chi connectivity index (χ1n) is 10.1. The van der Waals surface area contributed by atoms with Crippen molar-refractivity contribution in [3.63, 3.8) is 0 Å². The number of aryl methyl sites for hydroxylation is 1. The number of halogens is 1. The Balaban J connectivity index is 1.61. The lowest BCUT2D eigenvalue weighted by Crippen LogP contribution is -2.46. The van der Waals surface area contributed by atoms with Gasteiger partial charge in [-0.05, 0) is 31.2 Å². The van der Waals surface area contributed by atoms with Gasteiger partial charge in [-0.15, -0.1) is 0 Å². The monoisotopic (exact) mass is 428 g/mol. The lowest BCUT2D eigenvalue weighted by atomic mass is 10.2. The minimum atomic E-state index is -0.459. The molecule has 9 nitrogen and oxygen atoms in total. The van der Waals surface area contributed by atoms with Gasteiger partial charge in [0.15, 0.2) is 11.2 Å². The Morgan fingerprint density at radius 3 is 2.29 bits per heavy atom. The number of nitrogens with zero attached hydrogens (tertiary/aromatic N) is 6. The number of hydrogen-bond acceptors (Lipinski definition) is 6. The summed E-state index contributed by atoms with van der Waals surface area (Å²) < 4.78 is 17.2. The smallest absolute Gasteiger partial charge is 0.332 e. The zero-order valence-electron chi connectivity index (χ0n) is 17.8. The number of anilines is 1. The molecule has 0 unspecified atom stereocenters. The van der Waals surface area contributed by atoms with E-state index in [4.69, 9.17) is 0 Å². The molecule has 0 atom stereocenters. The number of rotatable bonds is 5. The molecule has 164 valence electrons. The molecule has 31 heavy (non-hydrogen) atoms. The van der Waals surface area contributed by atoms with Gasteiger partial charge in [0, 0.05) is 46.0 Å². The van der Waals surface area contributed by atoms with Gasteiger partial charge in [-0.1, -0.05) is 0 Å². The van der Waals surface area contributed by atoms with Crippen LogP contribution in [0.3, 0.4) is 0 Å². The molecule has 0 bridgehead atoms. The van der Waals surface area contributed by atoms with Crippen molar-refractivity contribution in [2.75, 3.05) is 31.1 Å². The van der Waals surface area contributed by atoms with E-state index in [9.17, 15) is 18.8 Å². The summed E-state index contributed by atoms with van der Waals surface area (Å²) in [7, 11) is 2.99. The maximum atomic E-state index is 13.2. The van der Waals surface area contributed by atoms with Crippen molar-refractivity contribution >= 4 is 22.6 Å². The number of ketones is 1. The number of piperazine rings is 1. The molecule has 0 saturated carbocycles. The summed E-state index contributed by atoms with van der Waals surface area (Å²) >= 11 is 0. The molecule has 0 spiro atoms. The number of carbonyl (C=O) groups excluding carboxylic acids is 1. The number of fused-ring (bicyclic) bond motifs is 1. The number of carbonyl (C=O) groups is 1. The highest BCUT2D eigenvalue weighted by Crippen LogP contribution is 2.19. The first-order valence-corrected chi connectivity index (χ1v) is 10.1. The maximum Gasteiger partial charge on any atom is 0.332 e. The van der Waals surface area contributed by atoms with E-state index in [1.54, 1.807) is 23.7 Å². The maximum absolute atomic E-state index is 13.2. The summed E-state index contributed by atoms with van der Waals surface area (Å²) in [5.74, 6) is 0.226. The van der Waals surface area contributed by atoms with Crippen molar-refractivity contribution in [3.8, 4) is 0 Å². The van der Waals surface area contributed by atoms with Crippen LogP contribution in [0.15, 0.2) is 33.9 Å². The zero-order valence-corrected chi connectivity index (χ0v) is 17.8. The van der Waals surface area contributed by atoms with Crippen LogP contribution in [0.25, 0.3) is 11.2 Å². The van der Waals surface area contributed by atoms with Crippen LogP contribution >= 0.6 is 0 Å². The summed E-state index contributed by atoms with van der Waals surface area (Å²) in [4.78, 5) is 45.9. The largest absolute Gasteiger partial charge is 0.369 e. The Labute approximate surface area is 177 Å². The Morgan fingerprint density at radius 2 is 1.68 bits per heavy atom. The molecule has 0 amide bonds. The average molecular weight is 428 g/mol. The first-order chi connectivity index (χ1) is 14.8. The first kappa shape index (κ1) is 21.0. The summed E-state index contributed by atoms with van der Waals surface area (Å²) in [6.07, 6.45) is 0. The van der Waals surface area contributed by atoms with E-state index in [-0.39, 0.29) is 29.3 Å². The lowest BCUT2D eigenvalue weighted by molar-refractivity contribution is -0.117. The quantitative estimate of drug-likeness (QED) is 0.588. The van der Waals surface area contributed by atoms with Crippen molar-refractivity contribution in [2.24, 2.45) is 14.1 Å². The molecule has 0 radical (unpaired) electrons. The van der Waals surface area contributed by atoms with Gasteiger partial charge >= 0.3 is 5.69 Å². The van der Waals surface area contributed by atoms with Crippen molar-refractivity contribution in [1.29, 1.82) is 0 Å². The van der Waals surface area contributed by atoms with Crippen LogP contribution in [0.4, 0.5) is 10.1 Å². The van der Waals surface area contributed by atoms with Gasteiger partial charge in [0.25, 0.3) is 5.56 Å². The van der Waals surface area contributed by atoms with Crippen LogP contribution in [0.2, 0.25) is 0 Å². The Hall–Kier alpha value is -3.27. The number of imidazole rings is 1. The van der Waals surface area contributed by atoms with Gasteiger partial charge < -0.3 is 9.47 Å². The zero-order chi connectivity index (χ0) is 22.3. The molecule has 1 aromatic carbocycles. The van der Waals surface area contributed by atoms with Gasteiger partial charge in [0.05, 0.1) is 13.1 Å². The Morgan fingerprint density at radius 1 is 1.03 bits per heavy atom. The number of hydrogen-bond donors (Lipinski definition) is 0. The predicted molar refractivity (Wildman–Crippen MR) is 115 cm³/mol. The summed E-state index contributed by atoms with van der Waals surface area (Å²) in [6, 6.07) is 6.45. The third kappa shape index (κ3) is 3.90. The summed E-state index contributed by atoms with van der Waals surface area (Å²) in [5, 5.41) is 0. The second-order valence-corrected chi connectivity index (χ2v) is 7.93. The average Bonchev–Trinajstić information content (AvgIpc) is 3.09. The molecular formula is C21H25FN6O3. The van der Waals surface area contributed by atoms with Gasteiger partial charge in [-0.25, -0.2) is 14.2 Å². The van der Waals surface area contributed by atoms with Crippen LogP contribution in [-0.2, 0) is 32.0 Å². The topological polar surface area (TPSA) is 85.4 Å². The Kier molecular flexibility index (Phi) is 5.48. The van der Waals surface area contributed by atoms with Gasteiger partial charge in [0.2, 0.25) is 0 Å². The molecule has 1 aliphatic heterocycles. The van der Waals surface area contributed by atoms with E-state index in [1.165, 1.54) is 30.7 Å². The van der Waals surface area contributed by atoms with Crippen LogP contribution in [0.5, 0.6) is 0 Å². The molecule has 0 aliphatic carbocycles. The number of aromatic nitrogens is 4. The van der Waals surface area contributed by atoms with E-state index in [0.29, 0.717) is 12.4 Å². The van der Waals surface area contributed by atoms with E-state index >= 15 is 0 Å². The summed E-state index contributed by atoms with van der Waals surface area (Å²) in [6.45, 7) is 4.96.